The van der Waals surface area contributed by atoms with Crippen LogP contribution in [-0.2, 0) is 17.6 Å². The molecule has 0 fully saturated rings. The molecule has 6 heteroatoms. The third-order valence-corrected chi connectivity index (χ3v) is 3.13. The van der Waals surface area contributed by atoms with E-state index in [1.165, 1.54) is 0 Å². The number of rotatable bonds is 6. The Bertz CT molecular complexity index is 592. The first kappa shape index (κ1) is 15.1. The van der Waals surface area contributed by atoms with Crippen LogP contribution in [0.5, 0.6) is 5.75 Å². The van der Waals surface area contributed by atoms with Gasteiger partial charge in [-0.3, -0.25) is 9.89 Å². The van der Waals surface area contributed by atoms with Crippen molar-refractivity contribution in [2.45, 2.75) is 32.2 Å². The van der Waals surface area contributed by atoms with Crippen LogP contribution >= 0.6 is 0 Å². The van der Waals surface area contributed by atoms with Gasteiger partial charge in [0, 0.05) is 11.8 Å². The van der Waals surface area contributed by atoms with Crippen molar-refractivity contribution in [2.24, 2.45) is 5.73 Å². The number of carbonyl (C=O) groups excluding carboxylic acids is 1. The molecule has 0 aliphatic carbocycles. The Hall–Kier alpha value is -2.34. The molecular weight excluding hydrogens is 268 g/mol. The van der Waals surface area contributed by atoms with Gasteiger partial charge >= 0.3 is 0 Å². The normalized spacial score (nSPS) is 12.1. The number of H-pyrrole nitrogens is 1. The van der Waals surface area contributed by atoms with E-state index in [4.69, 9.17) is 5.73 Å². The number of aryl methyl sites for hydroxylation is 1. The number of hydrogen-bond acceptors (Lipinski definition) is 4. The summed E-state index contributed by atoms with van der Waals surface area (Å²) in [5.74, 6) is 0.402. The van der Waals surface area contributed by atoms with Crippen molar-refractivity contribution in [1.82, 2.24) is 10.2 Å². The largest absolute Gasteiger partial charge is 0.508 e. The van der Waals surface area contributed by atoms with Crippen LogP contribution in [0.1, 0.15) is 24.6 Å². The van der Waals surface area contributed by atoms with E-state index in [0.717, 1.165) is 24.1 Å². The summed E-state index contributed by atoms with van der Waals surface area (Å²) in [6.45, 7) is 2.08. The molecule has 0 saturated carbocycles. The Balaban J connectivity index is 1.90. The molecule has 2 rings (SSSR count). The lowest BCUT2D eigenvalue weighted by atomic mass is 10.1. The van der Waals surface area contributed by atoms with Crippen molar-refractivity contribution >= 4 is 11.7 Å². The zero-order valence-electron chi connectivity index (χ0n) is 12.0. The molecule has 1 atom stereocenters. The van der Waals surface area contributed by atoms with E-state index in [0.29, 0.717) is 12.2 Å². The van der Waals surface area contributed by atoms with Crippen LogP contribution in [0.3, 0.4) is 0 Å². The maximum atomic E-state index is 12.0. The van der Waals surface area contributed by atoms with E-state index in [-0.39, 0.29) is 11.7 Å². The minimum Gasteiger partial charge on any atom is -0.508 e. The van der Waals surface area contributed by atoms with Gasteiger partial charge in [-0.1, -0.05) is 25.5 Å². The molecule has 0 radical (unpaired) electrons. The predicted octanol–water partition coefficient (Wildman–Crippen LogP) is 1.58. The number of hydrogen-bond donors (Lipinski definition) is 4. The van der Waals surface area contributed by atoms with E-state index in [1.54, 1.807) is 24.3 Å². The predicted molar refractivity (Wildman–Crippen MR) is 81.0 cm³/mol. The van der Waals surface area contributed by atoms with Crippen molar-refractivity contribution in [3.8, 4) is 5.75 Å². The fourth-order valence-corrected chi connectivity index (χ4v) is 2.02. The van der Waals surface area contributed by atoms with Gasteiger partial charge in [-0.05, 0) is 30.5 Å². The fourth-order valence-electron chi connectivity index (χ4n) is 2.02. The molecule has 21 heavy (non-hydrogen) atoms. The standard InChI is InChI=1S/C15H20N4O2/c1-2-3-11-9-14(19-18-11)17-15(21)13(16)8-10-4-6-12(20)7-5-10/h4-7,9,13,20H,2-3,8,16H2,1H3,(H2,17,18,19,21)/t13-/m0/s1. The average molecular weight is 288 g/mol. The molecule has 0 aliphatic heterocycles. The molecule has 1 aromatic heterocycles. The first-order valence-corrected chi connectivity index (χ1v) is 6.97. The molecule has 1 amide bonds. The SMILES string of the molecule is CCCc1cc(NC(=O)[C@@H](N)Cc2ccc(O)cc2)n[nH]1. The van der Waals surface area contributed by atoms with E-state index in [9.17, 15) is 9.90 Å². The number of nitrogens with zero attached hydrogens (tertiary/aromatic N) is 1. The van der Waals surface area contributed by atoms with E-state index in [2.05, 4.69) is 22.4 Å². The van der Waals surface area contributed by atoms with Crippen LogP contribution in [0.15, 0.2) is 30.3 Å². The van der Waals surface area contributed by atoms with Crippen LogP contribution in [0.25, 0.3) is 0 Å². The van der Waals surface area contributed by atoms with Crippen molar-refractivity contribution < 1.29 is 9.90 Å². The molecule has 1 aromatic carbocycles. The lowest BCUT2D eigenvalue weighted by Gasteiger charge is -2.10. The first-order chi connectivity index (χ1) is 10.1. The van der Waals surface area contributed by atoms with Gasteiger partial charge in [-0.25, -0.2) is 0 Å². The molecule has 0 bridgehead atoms. The number of aromatic hydroxyl groups is 1. The van der Waals surface area contributed by atoms with Gasteiger partial charge in [-0.15, -0.1) is 0 Å². The highest BCUT2D eigenvalue weighted by molar-refractivity contribution is 5.94. The summed E-state index contributed by atoms with van der Waals surface area (Å²) in [5.41, 5.74) is 7.77. The fraction of sp³-hybridized carbons (Fsp3) is 0.333. The van der Waals surface area contributed by atoms with Gasteiger partial charge in [0.05, 0.1) is 6.04 Å². The van der Waals surface area contributed by atoms with Crippen LogP contribution in [0.2, 0.25) is 0 Å². The summed E-state index contributed by atoms with van der Waals surface area (Å²) in [5, 5.41) is 18.8. The molecule has 0 saturated heterocycles. The Morgan fingerprint density at radius 2 is 2.14 bits per heavy atom. The lowest BCUT2D eigenvalue weighted by Crippen LogP contribution is -2.37. The summed E-state index contributed by atoms with van der Waals surface area (Å²) < 4.78 is 0. The number of aromatic nitrogens is 2. The molecule has 6 nitrogen and oxygen atoms in total. The number of phenolic OH excluding ortho intramolecular Hbond substituents is 1. The Labute approximate surface area is 123 Å². The Kier molecular flexibility index (Phi) is 4.94. The highest BCUT2D eigenvalue weighted by Crippen LogP contribution is 2.12. The first-order valence-electron chi connectivity index (χ1n) is 6.97. The quantitative estimate of drug-likeness (QED) is 0.647. The number of benzene rings is 1. The molecule has 0 aliphatic rings. The van der Waals surface area contributed by atoms with Crippen molar-refractivity contribution in [3.63, 3.8) is 0 Å². The zero-order valence-corrected chi connectivity index (χ0v) is 12.0. The monoisotopic (exact) mass is 288 g/mol. The third-order valence-electron chi connectivity index (χ3n) is 3.13. The Morgan fingerprint density at radius 3 is 2.81 bits per heavy atom. The maximum absolute atomic E-state index is 12.0. The van der Waals surface area contributed by atoms with Crippen LogP contribution in [0.4, 0.5) is 5.82 Å². The summed E-state index contributed by atoms with van der Waals surface area (Å²) in [6.07, 6.45) is 2.30. The number of anilines is 1. The van der Waals surface area contributed by atoms with Crippen LogP contribution < -0.4 is 11.1 Å². The van der Waals surface area contributed by atoms with Crippen molar-refractivity contribution in [3.05, 3.63) is 41.6 Å². The van der Waals surface area contributed by atoms with E-state index in [1.807, 2.05) is 6.07 Å². The molecule has 0 unspecified atom stereocenters. The Morgan fingerprint density at radius 1 is 1.43 bits per heavy atom. The van der Waals surface area contributed by atoms with Gasteiger partial charge in [0.15, 0.2) is 5.82 Å². The van der Waals surface area contributed by atoms with Gasteiger partial charge in [-0.2, -0.15) is 5.10 Å². The second kappa shape index (κ2) is 6.90. The molecule has 0 spiro atoms. The molecule has 112 valence electrons. The minimum atomic E-state index is -0.666. The van der Waals surface area contributed by atoms with E-state index < -0.39 is 6.04 Å². The lowest BCUT2D eigenvalue weighted by molar-refractivity contribution is -0.117. The number of nitrogens with two attached hydrogens (primary N) is 1. The van der Waals surface area contributed by atoms with Gasteiger partial charge < -0.3 is 16.2 Å². The van der Waals surface area contributed by atoms with Gasteiger partial charge in [0.25, 0.3) is 0 Å². The summed E-state index contributed by atoms with van der Waals surface area (Å²) in [6, 6.07) is 7.79. The molecule has 2 aromatic rings. The summed E-state index contributed by atoms with van der Waals surface area (Å²) in [7, 11) is 0. The second-order valence-corrected chi connectivity index (χ2v) is 4.99. The van der Waals surface area contributed by atoms with Crippen LogP contribution in [0, 0.1) is 0 Å². The van der Waals surface area contributed by atoms with Gasteiger partial charge in [0.2, 0.25) is 5.91 Å². The molecular formula is C15H20N4O2. The zero-order chi connectivity index (χ0) is 15.2. The smallest absolute Gasteiger partial charge is 0.242 e. The molecule has 1 heterocycles. The average Bonchev–Trinajstić information content (AvgIpc) is 2.89. The summed E-state index contributed by atoms with van der Waals surface area (Å²) >= 11 is 0. The highest BCUT2D eigenvalue weighted by atomic mass is 16.3. The highest BCUT2D eigenvalue weighted by Gasteiger charge is 2.15. The minimum absolute atomic E-state index is 0.191. The number of aromatic amines is 1. The van der Waals surface area contributed by atoms with Gasteiger partial charge in [0.1, 0.15) is 5.75 Å². The van der Waals surface area contributed by atoms with Crippen molar-refractivity contribution in [1.29, 1.82) is 0 Å². The maximum Gasteiger partial charge on any atom is 0.242 e. The molecule has 5 N–H and O–H groups in total. The number of carbonyl (C=O) groups is 1. The van der Waals surface area contributed by atoms with E-state index >= 15 is 0 Å². The second-order valence-electron chi connectivity index (χ2n) is 4.99. The number of amides is 1. The van der Waals surface area contributed by atoms with Crippen LogP contribution in [-0.4, -0.2) is 27.3 Å². The van der Waals surface area contributed by atoms with Crippen molar-refractivity contribution in [2.75, 3.05) is 5.32 Å². The summed E-state index contributed by atoms with van der Waals surface area (Å²) in [4.78, 5) is 12.0. The number of phenols is 1. The third kappa shape index (κ3) is 4.32. The number of nitrogens with one attached hydrogen (secondary N) is 2. The topological polar surface area (TPSA) is 104 Å².